The lowest BCUT2D eigenvalue weighted by molar-refractivity contribution is 0.416. The van der Waals surface area contributed by atoms with Crippen LogP contribution in [0.2, 0.25) is 0 Å². The molecule has 3 heteroatoms. The van der Waals surface area contributed by atoms with Gasteiger partial charge < -0.3 is 10.1 Å². The Kier molecular flexibility index (Phi) is 3.60. The van der Waals surface area contributed by atoms with Gasteiger partial charge in [0, 0.05) is 18.4 Å². The minimum atomic E-state index is 0.744. The van der Waals surface area contributed by atoms with E-state index in [0.29, 0.717) is 0 Å². The molecule has 0 saturated heterocycles. The van der Waals surface area contributed by atoms with E-state index < -0.39 is 0 Å². The van der Waals surface area contributed by atoms with Crippen LogP contribution in [0.3, 0.4) is 0 Å². The second kappa shape index (κ2) is 5.34. The van der Waals surface area contributed by atoms with Gasteiger partial charge in [-0.1, -0.05) is 18.2 Å². The summed E-state index contributed by atoms with van der Waals surface area (Å²) in [6, 6.07) is 12.0. The number of benzene rings is 1. The summed E-state index contributed by atoms with van der Waals surface area (Å²) in [6.45, 7) is 2.73. The molecular weight excluding hydrogens is 212 g/mol. The summed E-state index contributed by atoms with van der Waals surface area (Å²) in [7, 11) is 1.67. The Morgan fingerprint density at radius 2 is 2.00 bits per heavy atom. The number of aryl methyl sites for hydroxylation is 1. The second-order valence-electron chi connectivity index (χ2n) is 3.86. The number of aromatic nitrogens is 1. The van der Waals surface area contributed by atoms with Gasteiger partial charge >= 0.3 is 0 Å². The molecule has 88 valence electrons. The monoisotopic (exact) mass is 228 g/mol. The third kappa shape index (κ3) is 2.97. The molecule has 1 heterocycles. The fraction of sp³-hybridized carbons (Fsp3) is 0.214. The van der Waals surface area contributed by atoms with Crippen LogP contribution in [0.1, 0.15) is 11.3 Å². The average Bonchev–Trinajstić information content (AvgIpc) is 2.38. The van der Waals surface area contributed by atoms with Crippen molar-refractivity contribution in [3.63, 3.8) is 0 Å². The Bertz CT molecular complexity index is 480. The fourth-order valence-corrected chi connectivity index (χ4v) is 1.59. The lowest BCUT2D eigenvalue weighted by Crippen LogP contribution is -2.01. The molecule has 0 saturated carbocycles. The number of nitrogens with one attached hydrogen (secondary N) is 1. The number of nitrogens with zero attached hydrogens (tertiary/aromatic N) is 1. The van der Waals surface area contributed by atoms with Crippen LogP contribution in [0.5, 0.6) is 5.75 Å². The topological polar surface area (TPSA) is 34.1 Å². The molecule has 2 aromatic rings. The van der Waals surface area contributed by atoms with Crippen molar-refractivity contribution in [1.29, 1.82) is 0 Å². The van der Waals surface area contributed by atoms with Gasteiger partial charge in [0.05, 0.1) is 12.8 Å². The van der Waals surface area contributed by atoms with Crippen molar-refractivity contribution >= 4 is 5.69 Å². The summed E-state index contributed by atoms with van der Waals surface area (Å²) < 4.78 is 5.27. The average molecular weight is 228 g/mol. The lowest BCUT2D eigenvalue weighted by atomic mass is 10.2. The van der Waals surface area contributed by atoms with Gasteiger partial charge in [0.25, 0.3) is 0 Å². The summed E-state index contributed by atoms with van der Waals surface area (Å²) in [4.78, 5) is 4.26. The summed E-state index contributed by atoms with van der Waals surface area (Å²) in [5.41, 5.74) is 3.18. The quantitative estimate of drug-likeness (QED) is 0.873. The first-order chi connectivity index (χ1) is 8.29. The Labute approximate surface area is 101 Å². The fourth-order valence-electron chi connectivity index (χ4n) is 1.59. The van der Waals surface area contributed by atoms with Crippen LogP contribution in [-0.4, -0.2) is 12.1 Å². The molecule has 0 aliphatic heterocycles. The number of pyridine rings is 1. The summed E-state index contributed by atoms with van der Waals surface area (Å²) in [6.07, 6.45) is 1.89. The third-order valence-corrected chi connectivity index (χ3v) is 2.56. The van der Waals surface area contributed by atoms with Gasteiger partial charge in [-0.3, -0.25) is 4.98 Å². The molecule has 0 radical (unpaired) electrons. The zero-order valence-electron chi connectivity index (χ0n) is 10.1. The molecule has 0 aliphatic carbocycles. The van der Waals surface area contributed by atoms with Gasteiger partial charge in [0.1, 0.15) is 5.75 Å². The van der Waals surface area contributed by atoms with Gasteiger partial charge in [-0.25, -0.2) is 0 Å². The molecule has 1 N–H and O–H groups in total. The smallest absolute Gasteiger partial charge is 0.141 e. The molecule has 0 unspecified atom stereocenters. The van der Waals surface area contributed by atoms with E-state index in [1.807, 2.05) is 43.5 Å². The highest BCUT2D eigenvalue weighted by molar-refractivity contribution is 5.56. The number of anilines is 1. The first kappa shape index (κ1) is 11.5. The zero-order valence-corrected chi connectivity index (χ0v) is 10.1. The van der Waals surface area contributed by atoms with Gasteiger partial charge in [-0.05, 0) is 30.7 Å². The number of rotatable bonds is 4. The highest BCUT2D eigenvalue weighted by atomic mass is 16.5. The van der Waals surface area contributed by atoms with Crippen molar-refractivity contribution in [3.05, 3.63) is 53.9 Å². The number of ether oxygens (including phenoxy) is 1. The van der Waals surface area contributed by atoms with Gasteiger partial charge in [0.15, 0.2) is 0 Å². The van der Waals surface area contributed by atoms with Gasteiger partial charge in [0.2, 0.25) is 0 Å². The second-order valence-corrected chi connectivity index (χ2v) is 3.86. The highest BCUT2D eigenvalue weighted by Crippen LogP contribution is 2.23. The van der Waals surface area contributed by atoms with E-state index in [0.717, 1.165) is 29.2 Å². The first-order valence-electron chi connectivity index (χ1n) is 5.58. The highest BCUT2D eigenvalue weighted by Gasteiger charge is 2.00. The Balaban J connectivity index is 2.04. The van der Waals surface area contributed by atoms with Crippen molar-refractivity contribution in [2.45, 2.75) is 13.5 Å². The normalized spacial score (nSPS) is 10.0. The van der Waals surface area contributed by atoms with E-state index in [1.54, 1.807) is 7.11 Å². The van der Waals surface area contributed by atoms with Crippen molar-refractivity contribution in [2.24, 2.45) is 0 Å². The van der Waals surface area contributed by atoms with E-state index in [4.69, 9.17) is 4.74 Å². The summed E-state index contributed by atoms with van der Waals surface area (Å²) >= 11 is 0. The van der Waals surface area contributed by atoms with Gasteiger partial charge in [-0.2, -0.15) is 0 Å². The maximum Gasteiger partial charge on any atom is 0.141 e. The van der Waals surface area contributed by atoms with E-state index >= 15 is 0 Å². The third-order valence-electron chi connectivity index (χ3n) is 2.56. The lowest BCUT2D eigenvalue weighted by Gasteiger charge is -2.10. The van der Waals surface area contributed by atoms with Crippen LogP contribution in [0.4, 0.5) is 5.69 Å². The Hall–Kier alpha value is -2.03. The van der Waals surface area contributed by atoms with Crippen molar-refractivity contribution in [3.8, 4) is 5.75 Å². The van der Waals surface area contributed by atoms with E-state index in [9.17, 15) is 0 Å². The van der Waals surface area contributed by atoms with Gasteiger partial charge in [-0.15, -0.1) is 0 Å². The Morgan fingerprint density at radius 3 is 2.71 bits per heavy atom. The standard InChI is InChI=1S/C14H16N2O/c1-11-7-8-12(9-15-11)10-16-13-5-3-4-6-14(13)17-2/h3-9,16H,10H2,1-2H3. The van der Waals surface area contributed by atoms with E-state index in [2.05, 4.69) is 16.4 Å². The molecular formula is C14H16N2O. The van der Waals surface area contributed by atoms with Crippen molar-refractivity contribution in [1.82, 2.24) is 4.98 Å². The van der Waals surface area contributed by atoms with E-state index in [1.165, 1.54) is 0 Å². The molecule has 0 spiro atoms. The summed E-state index contributed by atoms with van der Waals surface area (Å²) in [5, 5.41) is 3.33. The molecule has 0 bridgehead atoms. The number of para-hydroxylation sites is 2. The molecule has 0 amide bonds. The predicted octanol–water partition coefficient (Wildman–Crippen LogP) is 3.01. The number of hydrogen-bond acceptors (Lipinski definition) is 3. The molecule has 2 rings (SSSR count). The zero-order chi connectivity index (χ0) is 12.1. The van der Waals surface area contributed by atoms with Crippen LogP contribution in [-0.2, 0) is 6.54 Å². The van der Waals surface area contributed by atoms with Crippen LogP contribution in [0.25, 0.3) is 0 Å². The molecule has 17 heavy (non-hydrogen) atoms. The molecule has 1 aromatic carbocycles. The summed E-state index contributed by atoms with van der Waals surface area (Å²) in [5.74, 6) is 0.854. The van der Waals surface area contributed by atoms with Crippen molar-refractivity contribution < 1.29 is 4.74 Å². The largest absolute Gasteiger partial charge is 0.495 e. The predicted molar refractivity (Wildman–Crippen MR) is 69.3 cm³/mol. The Morgan fingerprint density at radius 1 is 1.18 bits per heavy atom. The van der Waals surface area contributed by atoms with Crippen LogP contribution in [0, 0.1) is 6.92 Å². The van der Waals surface area contributed by atoms with Crippen LogP contribution in [0.15, 0.2) is 42.6 Å². The maximum absolute atomic E-state index is 5.27. The number of hydrogen-bond donors (Lipinski definition) is 1. The molecule has 0 fully saturated rings. The SMILES string of the molecule is COc1ccccc1NCc1ccc(C)nc1. The minimum absolute atomic E-state index is 0.744. The maximum atomic E-state index is 5.27. The molecule has 3 nitrogen and oxygen atoms in total. The molecule has 1 aromatic heterocycles. The first-order valence-corrected chi connectivity index (χ1v) is 5.58. The minimum Gasteiger partial charge on any atom is -0.495 e. The molecule has 0 aliphatic rings. The number of methoxy groups -OCH3 is 1. The van der Waals surface area contributed by atoms with Crippen LogP contribution >= 0.6 is 0 Å². The van der Waals surface area contributed by atoms with E-state index in [-0.39, 0.29) is 0 Å². The van der Waals surface area contributed by atoms with Crippen LogP contribution < -0.4 is 10.1 Å². The molecule has 0 atom stereocenters. The van der Waals surface area contributed by atoms with Crippen molar-refractivity contribution in [2.75, 3.05) is 12.4 Å².